The largest absolute Gasteiger partial charge is 0.481 e. The van der Waals surface area contributed by atoms with E-state index in [1.54, 1.807) is 7.05 Å². The fraction of sp³-hybridized carbons (Fsp3) is 0.529. The normalized spacial score (nSPS) is 27.4. The van der Waals surface area contributed by atoms with Crippen LogP contribution in [0.2, 0.25) is 0 Å². The summed E-state index contributed by atoms with van der Waals surface area (Å²) in [5, 5.41) is 32.4. The van der Waals surface area contributed by atoms with Crippen LogP contribution in [0.3, 0.4) is 0 Å². The summed E-state index contributed by atoms with van der Waals surface area (Å²) in [5.74, 6) is -5.67. The minimum atomic E-state index is -1.78. The SMILES string of the molecule is COC1(NC(=O)CSC2SNC(=O)C2C(=O)O)C(=O)N2C(C(=O)O)=C(CSc3nnnn3C)CS[C@@H]21. The number of carboxylic acids is 2. The molecule has 15 nitrogen and oxygen atoms in total. The molecule has 19 heteroatoms. The lowest BCUT2D eigenvalue weighted by Gasteiger charge is -2.55. The average molecular weight is 578 g/mol. The number of nitrogens with one attached hydrogen (secondary N) is 2. The minimum Gasteiger partial charge on any atom is -0.481 e. The van der Waals surface area contributed by atoms with Gasteiger partial charge in [-0.15, -0.1) is 28.6 Å². The molecule has 0 aromatic carbocycles. The molecule has 4 rings (SSSR count). The molecule has 4 N–H and O–H groups in total. The second-order valence-corrected chi connectivity index (χ2v) is 11.9. The molecule has 2 saturated heterocycles. The molecule has 0 saturated carbocycles. The summed E-state index contributed by atoms with van der Waals surface area (Å²) in [6, 6.07) is 0. The van der Waals surface area contributed by atoms with Gasteiger partial charge in [0.05, 0.1) is 10.3 Å². The zero-order chi connectivity index (χ0) is 26.2. The number of methoxy groups -OCH3 is 1. The van der Waals surface area contributed by atoms with Crippen molar-refractivity contribution in [3.8, 4) is 0 Å². The Bertz CT molecular complexity index is 1160. The lowest BCUT2D eigenvalue weighted by atomic mass is 9.98. The molecule has 3 unspecified atom stereocenters. The van der Waals surface area contributed by atoms with Gasteiger partial charge < -0.3 is 20.3 Å². The van der Waals surface area contributed by atoms with Crippen LogP contribution in [0.15, 0.2) is 16.4 Å². The molecular formula is C17H19N7O8S4. The van der Waals surface area contributed by atoms with Gasteiger partial charge in [-0.05, 0) is 27.9 Å². The van der Waals surface area contributed by atoms with E-state index in [0.717, 1.165) is 28.6 Å². The predicted octanol–water partition coefficient (Wildman–Crippen LogP) is -1.45. The van der Waals surface area contributed by atoms with Crippen LogP contribution in [0.4, 0.5) is 0 Å². The zero-order valence-electron chi connectivity index (χ0n) is 18.6. The molecule has 194 valence electrons. The lowest BCUT2D eigenvalue weighted by molar-refractivity contribution is -0.192. The van der Waals surface area contributed by atoms with Gasteiger partial charge in [-0.25, -0.2) is 9.48 Å². The second kappa shape index (κ2) is 10.5. The van der Waals surface area contributed by atoms with Crippen LogP contribution >= 0.6 is 47.2 Å². The van der Waals surface area contributed by atoms with Crippen LogP contribution in [0.25, 0.3) is 0 Å². The van der Waals surface area contributed by atoms with Crippen molar-refractivity contribution in [3.63, 3.8) is 0 Å². The summed E-state index contributed by atoms with van der Waals surface area (Å²) in [7, 11) is 2.88. The maximum absolute atomic E-state index is 13.2. The van der Waals surface area contributed by atoms with Gasteiger partial charge >= 0.3 is 11.9 Å². The lowest BCUT2D eigenvalue weighted by Crippen LogP contribution is -2.80. The third kappa shape index (κ3) is 4.64. The van der Waals surface area contributed by atoms with Gasteiger partial charge in [0.25, 0.3) is 11.6 Å². The van der Waals surface area contributed by atoms with Gasteiger partial charge in [-0.2, -0.15) is 0 Å². The number of hydrogen-bond acceptors (Lipinski definition) is 13. The standard InChI is InChI=1S/C17H19N7O8S4/c1-23-16(19-21-22-23)35-4-6-3-34-15-17(32-2,14(31)24(15)9(6)12(29)30)18-7(25)5-33-13-8(11(27)28)10(26)20-36-13/h8,13,15H,3-5H2,1-2H3,(H,18,25)(H,20,26)(H,27,28)(H,29,30)/t8?,13?,15-,17?/m1/s1. The first kappa shape index (κ1) is 26.6. The van der Waals surface area contributed by atoms with E-state index in [1.165, 1.54) is 35.3 Å². The van der Waals surface area contributed by atoms with Crippen LogP contribution < -0.4 is 10.0 Å². The topological polar surface area (TPSA) is 206 Å². The first-order valence-electron chi connectivity index (χ1n) is 10.0. The number of carboxylic acid groups (broad SMARTS) is 2. The Balaban J connectivity index is 1.44. The van der Waals surface area contributed by atoms with Gasteiger partial charge in [0.1, 0.15) is 11.1 Å². The monoisotopic (exact) mass is 577 g/mol. The smallest absolute Gasteiger partial charge is 0.352 e. The molecule has 1 aromatic heterocycles. The van der Waals surface area contributed by atoms with Crippen molar-refractivity contribution in [1.82, 2.24) is 35.1 Å². The Hall–Kier alpha value is -2.48. The number of tetrazole rings is 1. The number of thioether (sulfide) groups is 3. The molecule has 3 aliphatic rings. The summed E-state index contributed by atoms with van der Waals surface area (Å²) in [6.07, 6.45) is 0. The van der Waals surface area contributed by atoms with Gasteiger partial charge in [-0.1, -0.05) is 11.8 Å². The van der Waals surface area contributed by atoms with Gasteiger partial charge in [0.2, 0.25) is 17.0 Å². The molecule has 4 heterocycles. The van der Waals surface area contributed by atoms with Gasteiger partial charge in [0.15, 0.2) is 5.92 Å². The number of amides is 3. The van der Waals surface area contributed by atoms with Crippen LogP contribution in [0, 0.1) is 5.92 Å². The maximum atomic E-state index is 13.2. The molecule has 3 aliphatic heterocycles. The Kier molecular flexibility index (Phi) is 7.74. The number of nitrogens with zero attached hydrogens (tertiary/aromatic N) is 5. The van der Waals surface area contributed by atoms with Gasteiger partial charge in [0, 0.05) is 25.7 Å². The van der Waals surface area contributed by atoms with E-state index in [9.17, 15) is 34.2 Å². The number of carbonyl (C=O) groups excluding carboxylic acids is 3. The summed E-state index contributed by atoms with van der Waals surface area (Å²) in [5.41, 5.74) is -1.47. The Morgan fingerprint density at radius 3 is 2.69 bits per heavy atom. The molecule has 2 fully saturated rings. The summed E-state index contributed by atoms with van der Waals surface area (Å²) in [6.45, 7) is 0. The van der Waals surface area contributed by atoms with E-state index in [4.69, 9.17) is 4.74 Å². The number of aromatic nitrogens is 4. The highest BCUT2D eigenvalue weighted by Gasteiger charge is 2.66. The number of hydrogen-bond donors (Lipinski definition) is 4. The third-order valence-corrected chi connectivity index (χ3v) is 10.4. The van der Waals surface area contributed by atoms with E-state index in [1.807, 2.05) is 0 Å². The van der Waals surface area contributed by atoms with Crippen LogP contribution in [-0.4, -0.2) is 105 Å². The number of β-lactam (4-membered cyclic amide) rings is 1. The number of aryl methyl sites for hydroxylation is 1. The summed E-state index contributed by atoms with van der Waals surface area (Å²) in [4.78, 5) is 62.0. The van der Waals surface area contributed by atoms with Crippen molar-refractivity contribution in [2.75, 3.05) is 24.4 Å². The highest BCUT2D eigenvalue weighted by molar-refractivity contribution is 8.17. The number of fused-ring (bicyclic) bond motifs is 1. The fourth-order valence-electron chi connectivity index (χ4n) is 3.68. The van der Waals surface area contributed by atoms with Crippen molar-refractivity contribution < 1.29 is 38.9 Å². The summed E-state index contributed by atoms with van der Waals surface area (Å²) < 4.78 is 8.48. The molecule has 4 atom stereocenters. The van der Waals surface area contributed by atoms with Crippen molar-refractivity contribution in [1.29, 1.82) is 0 Å². The Morgan fingerprint density at radius 2 is 2.08 bits per heavy atom. The highest BCUT2D eigenvalue weighted by Crippen LogP contribution is 2.47. The van der Waals surface area contributed by atoms with Crippen molar-refractivity contribution in [3.05, 3.63) is 11.3 Å². The van der Waals surface area contributed by atoms with Crippen molar-refractivity contribution >= 4 is 76.9 Å². The molecule has 3 amide bonds. The number of carbonyl (C=O) groups is 5. The van der Waals surface area contributed by atoms with Gasteiger partial charge in [-0.3, -0.25) is 28.8 Å². The first-order valence-corrected chi connectivity index (χ1v) is 14.0. The van der Waals surface area contributed by atoms with Crippen LogP contribution in [0.5, 0.6) is 0 Å². The van der Waals surface area contributed by atoms with E-state index in [2.05, 4.69) is 25.6 Å². The Morgan fingerprint density at radius 1 is 1.33 bits per heavy atom. The highest BCUT2D eigenvalue weighted by atomic mass is 32.2. The van der Waals surface area contributed by atoms with Crippen LogP contribution in [0.1, 0.15) is 0 Å². The molecule has 1 aromatic rings. The molecule has 0 bridgehead atoms. The second-order valence-electron chi connectivity index (χ2n) is 7.54. The fourth-order valence-corrected chi connectivity index (χ4v) is 8.28. The van der Waals surface area contributed by atoms with E-state index >= 15 is 0 Å². The van der Waals surface area contributed by atoms with E-state index < -0.39 is 51.3 Å². The molecule has 36 heavy (non-hydrogen) atoms. The summed E-state index contributed by atoms with van der Waals surface area (Å²) >= 11 is 4.30. The quantitative estimate of drug-likeness (QED) is 0.0825. The Labute approximate surface area is 220 Å². The molecular weight excluding hydrogens is 558 g/mol. The number of ether oxygens (including phenoxy) is 1. The minimum absolute atomic E-state index is 0.182. The van der Waals surface area contributed by atoms with E-state index in [0.29, 0.717) is 10.7 Å². The van der Waals surface area contributed by atoms with E-state index in [-0.39, 0.29) is 23.0 Å². The predicted molar refractivity (Wildman–Crippen MR) is 128 cm³/mol. The molecule has 0 aliphatic carbocycles. The number of aliphatic carboxylic acids is 2. The molecule has 0 spiro atoms. The third-order valence-electron chi connectivity index (χ3n) is 5.39. The zero-order valence-corrected chi connectivity index (χ0v) is 21.8. The first-order chi connectivity index (χ1) is 17.1. The average Bonchev–Trinajstić information content (AvgIpc) is 3.43. The van der Waals surface area contributed by atoms with Crippen molar-refractivity contribution in [2.24, 2.45) is 13.0 Å². The van der Waals surface area contributed by atoms with Crippen molar-refractivity contribution in [2.45, 2.75) is 20.8 Å². The van der Waals surface area contributed by atoms with Crippen LogP contribution in [-0.2, 0) is 35.8 Å². The maximum Gasteiger partial charge on any atom is 0.352 e. The number of rotatable bonds is 10. The molecule has 0 radical (unpaired) electrons.